The molecule has 1 aromatic rings. The molecule has 2 N–H and O–H groups in total. The van der Waals surface area contributed by atoms with Crippen LogP contribution in [0.25, 0.3) is 0 Å². The summed E-state index contributed by atoms with van der Waals surface area (Å²) >= 11 is 0. The summed E-state index contributed by atoms with van der Waals surface area (Å²) in [6.45, 7) is 3.29. The van der Waals surface area contributed by atoms with Crippen LogP contribution in [0.1, 0.15) is 25.3 Å². The van der Waals surface area contributed by atoms with Crippen LogP contribution in [0.3, 0.4) is 0 Å². The maximum Gasteiger partial charge on any atom is 0.132 e. The van der Waals surface area contributed by atoms with Crippen LogP contribution in [0, 0.1) is 11.3 Å². The van der Waals surface area contributed by atoms with Gasteiger partial charge in [-0.1, -0.05) is 37.3 Å². The van der Waals surface area contributed by atoms with Crippen molar-refractivity contribution >= 4 is 0 Å². The molecule has 0 saturated heterocycles. The van der Waals surface area contributed by atoms with E-state index in [1.807, 2.05) is 30.3 Å². The van der Waals surface area contributed by atoms with Gasteiger partial charge in [-0.05, 0) is 12.0 Å². The molecule has 0 radical (unpaired) electrons. The Morgan fingerprint density at radius 1 is 1.31 bits per heavy atom. The van der Waals surface area contributed by atoms with Crippen LogP contribution in [-0.2, 0) is 10.3 Å². The number of nitrogens with zero attached hydrogens (tertiary/aromatic N) is 1. The van der Waals surface area contributed by atoms with Gasteiger partial charge in [0.05, 0.1) is 6.07 Å². The van der Waals surface area contributed by atoms with E-state index in [4.69, 9.17) is 15.7 Å². The van der Waals surface area contributed by atoms with E-state index in [1.165, 1.54) is 0 Å². The van der Waals surface area contributed by atoms with Crippen LogP contribution in [-0.4, -0.2) is 13.2 Å². The SMILES string of the molecule is CCCOCCC(N)(C#N)c1ccccc1. The van der Waals surface area contributed by atoms with Gasteiger partial charge in [-0.15, -0.1) is 0 Å². The largest absolute Gasteiger partial charge is 0.381 e. The Balaban J connectivity index is 2.61. The molecule has 0 aliphatic carbocycles. The predicted molar refractivity (Wildman–Crippen MR) is 63.6 cm³/mol. The predicted octanol–water partition coefficient (Wildman–Crippen LogP) is 2.18. The maximum absolute atomic E-state index is 9.16. The Bertz CT molecular complexity index is 345. The third-order valence-electron chi connectivity index (χ3n) is 2.48. The fourth-order valence-electron chi connectivity index (χ4n) is 1.48. The van der Waals surface area contributed by atoms with Gasteiger partial charge in [-0.25, -0.2) is 0 Å². The van der Waals surface area contributed by atoms with E-state index < -0.39 is 5.54 Å². The molecule has 0 saturated carbocycles. The van der Waals surface area contributed by atoms with Crippen molar-refractivity contribution in [2.24, 2.45) is 5.73 Å². The highest BCUT2D eigenvalue weighted by atomic mass is 16.5. The lowest BCUT2D eigenvalue weighted by molar-refractivity contribution is 0.121. The Labute approximate surface area is 96.8 Å². The molecule has 1 aromatic carbocycles. The Morgan fingerprint density at radius 2 is 2.00 bits per heavy atom. The van der Waals surface area contributed by atoms with Gasteiger partial charge >= 0.3 is 0 Å². The summed E-state index contributed by atoms with van der Waals surface area (Å²) in [6, 6.07) is 11.6. The summed E-state index contributed by atoms with van der Waals surface area (Å²) in [5.41, 5.74) is 5.97. The number of benzene rings is 1. The van der Waals surface area contributed by atoms with Crippen LogP contribution in [0.2, 0.25) is 0 Å². The van der Waals surface area contributed by atoms with E-state index in [1.54, 1.807) is 0 Å². The average molecular weight is 218 g/mol. The summed E-state index contributed by atoms with van der Waals surface area (Å²) < 4.78 is 5.37. The van der Waals surface area contributed by atoms with E-state index in [0.717, 1.165) is 18.6 Å². The van der Waals surface area contributed by atoms with Crippen LogP contribution >= 0.6 is 0 Å². The Kier molecular flexibility index (Phi) is 4.97. The molecule has 86 valence electrons. The molecule has 0 fully saturated rings. The summed E-state index contributed by atoms with van der Waals surface area (Å²) in [5.74, 6) is 0. The molecule has 0 spiro atoms. The topological polar surface area (TPSA) is 59.0 Å². The normalized spacial score (nSPS) is 14.1. The minimum Gasteiger partial charge on any atom is -0.381 e. The molecule has 16 heavy (non-hydrogen) atoms. The second kappa shape index (κ2) is 6.26. The highest BCUT2D eigenvalue weighted by molar-refractivity contribution is 5.30. The third kappa shape index (κ3) is 3.34. The van der Waals surface area contributed by atoms with Gasteiger partial charge in [-0.2, -0.15) is 5.26 Å². The Hall–Kier alpha value is -1.37. The Morgan fingerprint density at radius 3 is 2.56 bits per heavy atom. The quantitative estimate of drug-likeness (QED) is 0.744. The molecule has 1 rings (SSSR count). The van der Waals surface area contributed by atoms with E-state index >= 15 is 0 Å². The summed E-state index contributed by atoms with van der Waals surface area (Å²) in [4.78, 5) is 0. The molecular weight excluding hydrogens is 200 g/mol. The van der Waals surface area contributed by atoms with E-state index in [9.17, 15) is 0 Å². The van der Waals surface area contributed by atoms with Crippen molar-refractivity contribution in [3.8, 4) is 6.07 Å². The zero-order chi connectivity index (χ0) is 11.9. The molecule has 0 bridgehead atoms. The van der Waals surface area contributed by atoms with Crippen LogP contribution < -0.4 is 5.73 Å². The number of hydrogen-bond donors (Lipinski definition) is 1. The molecule has 3 nitrogen and oxygen atoms in total. The van der Waals surface area contributed by atoms with Crippen LogP contribution in [0.4, 0.5) is 0 Å². The molecule has 1 unspecified atom stereocenters. The molecule has 0 aliphatic rings. The van der Waals surface area contributed by atoms with Crippen molar-refractivity contribution in [3.05, 3.63) is 35.9 Å². The van der Waals surface area contributed by atoms with Gasteiger partial charge in [0.15, 0.2) is 0 Å². The van der Waals surface area contributed by atoms with Gasteiger partial charge in [0.2, 0.25) is 0 Å². The van der Waals surface area contributed by atoms with Gasteiger partial charge in [0, 0.05) is 19.6 Å². The molecule has 0 heterocycles. The zero-order valence-corrected chi connectivity index (χ0v) is 9.65. The zero-order valence-electron chi connectivity index (χ0n) is 9.65. The van der Waals surface area contributed by atoms with Crippen molar-refractivity contribution in [2.75, 3.05) is 13.2 Å². The van der Waals surface area contributed by atoms with Gasteiger partial charge < -0.3 is 10.5 Å². The fraction of sp³-hybridized carbons (Fsp3) is 0.462. The second-order valence-corrected chi connectivity index (χ2v) is 3.81. The first-order valence-corrected chi connectivity index (χ1v) is 5.56. The minimum absolute atomic E-state index is 0.521. The third-order valence-corrected chi connectivity index (χ3v) is 2.48. The number of ether oxygens (including phenoxy) is 1. The lowest BCUT2D eigenvalue weighted by atomic mass is 9.89. The number of nitriles is 1. The van der Waals surface area contributed by atoms with E-state index in [-0.39, 0.29) is 0 Å². The molecule has 0 aliphatic heterocycles. The molecule has 1 atom stereocenters. The van der Waals surface area contributed by atoms with Gasteiger partial charge in [0.25, 0.3) is 0 Å². The summed E-state index contributed by atoms with van der Waals surface area (Å²) in [5, 5.41) is 9.16. The van der Waals surface area contributed by atoms with Crippen molar-refractivity contribution in [1.82, 2.24) is 0 Å². The lowest BCUT2D eigenvalue weighted by Crippen LogP contribution is -2.36. The summed E-state index contributed by atoms with van der Waals surface area (Å²) in [6.07, 6.45) is 1.50. The second-order valence-electron chi connectivity index (χ2n) is 3.81. The molecule has 0 aromatic heterocycles. The molecule has 0 amide bonds. The maximum atomic E-state index is 9.16. The van der Waals surface area contributed by atoms with Crippen LogP contribution in [0.5, 0.6) is 0 Å². The van der Waals surface area contributed by atoms with Crippen molar-refractivity contribution in [3.63, 3.8) is 0 Å². The highest BCUT2D eigenvalue weighted by Crippen LogP contribution is 2.21. The van der Waals surface area contributed by atoms with Crippen molar-refractivity contribution in [2.45, 2.75) is 25.3 Å². The molecule has 3 heteroatoms. The first kappa shape index (κ1) is 12.7. The first-order chi connectivity index (χ1) is 7.73. The standard InChI is InChI=1S/C13H18N2O/c1-2-9-16-10-8-13(15,11-14)12-6-4-3-5-7-12/h3-7H,2,8-10,15H2,1H3. The minimum atomic E-state index is -0.936. The number of hydrogen-bond acceptors (Lipinski definition) is 3. The van der Waals surface area contributed by atoms with E-state index in [0.29, 0.717) is 13.0 Å². The van der Waals surface area contributed by atoms with Gasteiger partial charge in [-0.3, -0.25) is 0 Å². The van der Waals surface area contributed by atoms with Crippen molar-refractivity contribution < 1.29 is 4.74 Å². The van der Waals surface area contributed by atoms with Gasteiger partial charge in [0.1, 0.15) is 5.54 Å². The number of rotatable bonds is 6. The molecular formula is C13H18N2O. The van der Waals surface area contributed by atoms with E-state index in [2.05, 4.69) is 13.0 Å². The smallest absolute Gasteiger partial charge is 0.132 e. The highest BCUT2D eigenvalue weighted by Gasteiger charge is 2.26. The fourth-order valence-corrected chi connectivity index (χ4v) is 1.48. The van der Waals surface area contributed by atoms with Crippen LogP contribution in [0.15, 0.2) is 30.3 Å². The average Bonchev–Trinajstić information content (AvgIpc) is 2.35. The monoisotopic (exact) mass is 218 g/mol. The van der Waals surface area contributed by atoms with Crippen molar-refractivity contribution in [1.29, 1.82) is 5.26 Å². The first-order valence-electron chi connectivity index (χ1n) is 5.56. The summed E-state index contributed by atoms with van der Waals surface area (Å²) in [7, 11) is 0. The number of nitrogens with two attached hydrogens (primary N) is 1. The lowest BCUT2D eigenvalue weighted by Gasteiger charge is -2.21.